The van der Waals surface area contributed by atoms with Crippen LogP contribution in [0.1, 0.15) is 48.0 Å². The quantitative estimate of drug-likeness (QED) is 0.406. The standard InChI is InChI=1S/C26H32O9/c1-11-13-8-17(27)35-24(3,4)14(13)9-16(33-23(30)31-7)26(6)15(11)10-25(5)19-18(26)20(28)12(2)32-21(19)34-22(25)29/h8-9,11-12,15-16,18-19,21H,10H2,1-7H3. The molecule has 2 aliphatic carbocycles. The van der Waals surface area contributed by atoms with Gasteiger partial charge in [0.15, 0.2) is 5.78 Å². The highest BCUT2D eigenvalue weighted by Crippen LogP contribution is 2.67. The Balaban J connectivity index is 1.77. The zero-order valence-corrected chi connectivity index (χ0v) is 21.1. The van der Waals surface area contributed by atoms with Crippen LogP contribution >= 0.6 is 0 Å². The second-order valence-corrected chi connectivity index (χ2v) is 11.4. The minimum Gasteiger partial charge on any atom is -0.452 e. The molecule has 3 fully saturated rings. The molecule has 190 valence electrons. The number of carbonyl (C=O) groups excluding carboxylic acids is 4. The summed E-state index contributed by atoms with van der Waals surface area (Å²) in [6, 6.07) is 0. The number of methoxy groups -OCH3 is 1. The van der Waals surface area contributed by atoms with E-state index >= 15 is 0 Å². The summed E-state index contributed by atoms with van der Waals surface area (Å²) in [6.07, 6.45) is 0.237. The Morgan fingerprint density at radius 1 is 1.11 bits per heavy atom. The molecule has 5 aliphatic rings. The van der Waals surface area contributed by atoms with E-state index < -0.39 is 64.9 Å². The molecule has 0 amide bonds. The molecular weight excluding hydrogens is 456 g/mol. The normalized spacial score (nSPS) is 45.5. The van der Waals surface area contributed by atoms with Crippen molar-refractivity contribution >= 4 is 23.9 Å². The first kappa shape index (κ1) is 24.0. The van der Waals surface area contributed by atoms with Gasteiger partial charge in [-0.15, -0.1) is 0 Å². The molecule has 0 N–H and O–H groups in total. The van der Waals surface area contributed by atoms with E-state index in [-0.39, 0.29) is 17.6 Å². The molecule has 9 unspecified atom stereocenters. The van der Waals surface area contributed by atoms with Crippen LogP contribution in [0.25, 0.3) is 0 Å². The molecule has 0 aromatic rings. The van der Waals surface area contributed by atoms with Crippen molar-refractivity contribution in [3.8, 4) is 0 Å². The maximum absolute atomic E-state index is 13.8. The van der Waals surface area contributed by atoms with E-state index in [0.29, 0.717) is 6.42 Å². The van der Waals surface area contributed by atoms with Gasteiger partial charge in [-0.3, -0.25) is 9.59 Å². The summed E-state index contributed by atoms with van der Waals surface area (Å²) in [4.78, 5) is 52.0. The number of fused-ring (bicyclic) bond motifs is 3. The van der Waals surface area contributed by atoms with Crippen molar-refractivity contribution < 1.29 is 42.9 Å². The first-order chi connectivity index (χ1) is 16.3. The second kappa shape index (κ2) is 7.41. The summed E-state index contributed by atoms with van der Waals surface area (Å²) in [6.45, 7) is 11.0. The molecule has 5 rings (SSSR count). The van der Waals surface area contributed by atoms with Gasteiger partial charge in [-0.05, 0) is 63.2 Å². The number of cyclic esters (lactones) is 1. The Morgan fingerprint density at radius 3 is 2.46 bits per heavy atom. The maximum Gasteiger partial charge on any atom is 0.508 e. The van der Waals surface area contributed by atoms with Crippen molar-refractivity contribution in [1.82, 2.24) is 0 Å². The molecule has 35 heavy (non-hydrogen) atoms. The van der Waals surface area contributed by atoms with Gasteiger partial charge in [0.25, 0.3) is 0 Å². The van der Waals surface area contributed by atoms with Gasteiger partial charge in [-0.25, -0.2) is 9.59 Å². The van der Waals surface area contributed by atoms with E-state index in [1.807, 2.05) is 20.8 Å². The average molecular weight is 489 g/mol. The van der Waals surface area contributed by atoms with Gasteiger partial charge in [-0.1, -0.05) is 13.8 Å². The number of Topliss-reactive ketones (excluding diaryl/α,β-unsaturated/α-hetero) is 1. The summed E-state index contributed by atoms with van der Waals surface area (Å²) < 4.78 is 27.8. The predicted octanol–water partition coefficient (Wildman–Crippen LogP) is 3.11. The van der Waals surface area contributed by atoms with Crippen LogP contribution in [-0.2, 0) is 38.1 Å². The molecule has 0 aromatic carbocycles. The Hall–Kier alpha value is -2.68. The minimum atomic E-state index is -0.981. The van der Waals surface area contributed by atoms with Crippen molar-refractivity contribution in [3.63, 3.8) is 0 Å². The number of ketones is 1. The van der Waals surface area contributed by atoms with Gasteiger partial charge >= 0.3 is 18.1 Å². The molecule has 0 bridgehead atoms. The lowest BCUT2D eigenvalue weighted by Gasteiger charge is -2.58. The van der Waals surface area contributed by atoms with Gasteiger partial charge in [0.1, 0.15) is 17.8 Å². The zero-order chi connectivity index (χ0) is 25.7. The fraction of sp³-hybridized carbons (Fsp3) is 0.692. The summed E-state index contributed by atoms with van der Waals surface area (Å²) in [7, 11) is 1.23. The first-order valence-corrected chi connectivity index (χ1v) is 12.1. The molecule has 0 spiro atoms. The van der Waals surface area contributed by atoms with E-state index in [2.05, 4.69) is 0 Å². The topological polar surface area (TPSA) is 114 Å². The SMILES string of the molecule is COC(=O)OC1C=C2C(=CC(=O)OC2(C)C)C(C)C2CC3(C)C(=O)OC4OC(C)C(=O)C(C43)C12C. The van der Waals surface area contributed by atoms with Crippen LogP contribution < -0.4 is 0 Å². The summed E-state index contributed by atoms with van der Waals surface area (Å²) >= 11 is 0. The largest absolute Gasteiger partial charge is 0.508 e. The highest BCUT2D eigenvalue weighted by molar-refractivity contribution is 5.91. The summed E-state index contributed by atoms with van der Waals surface area (Å²) in [5.74, 6) is -2.80. The molecule has 9 heteroatoms. The lowest BCUT2D eigenvalue weighted by atomic mass is 9.45. The summed E-state index contributed by atoms with van der Waals surface area (Å²) in [5.41, 5.74) is -1.41. The van der Waals surface area contributed by atoms with Crippen LogP contribution in [0, 0.1) is 34.5 Å². The average Bonchev–Trinajstić information content (AvgIpc) is 2.97. The van der Waals surface area contributed by atoms with Crippen LogP contribution in [0.2, 0.25) is 0 Å². The number of esters is 2. The number of carbonyl (C=O) groups is 4. The number of rotatable bonds is 1. The lowest BCUT2D eigenvalue weighted by Crippen LogP contribution is -2.65. The highest BCUT2D eigenvalue weighted by atomic mass is 16.7. The summed E-state index contributed by atoms with van der Waals surface area (Å²) in [5, 5.41) is 0. The van der Waals surface area contributed by atoms with Crippen LogP contribution in [-0.4, -0.2) is 55.1 Å². The maximum atomic E-state index is 13.8. The molecule has 2 saturated heterocycles. The Kier molecular flexibility index (Phi) is 5.09. The Labute approximate surface area is 204 Å². The molecule has 3 aliphatic heterocycles. The van der Waals surface area contributed by atoms with Crippen molar-refractivity contribution in [2.24, 2.45) is 34.5 Å². The molecule has 0 aromatic heterocycles. The number of hydrogen-bond acceptors (Lipinski definition) is 9. The van der Waals surface area contributed by atoms with Crippen LogP contribution in [0.4, 0.5) is 4.79 Å². The number of hydrogen-bond donors (Lipinski definition) is 0. The molecular formula is C26H32O9. The monoisotopic (exact) mass is 488 g/mol. The van der Waals surface area contributed by atoms with E-state index in [9.17, 15) is 19.2 Å². The van der Waals surface area contributed by atoms with Crippen molar-refractivity contribution in [3.05, 3.63) is 23.3 Å². The third-order valence-corrected chi connectivity index (χ3v) is 9.24. The van der Waals surface area contributed by atoms with E-state index in [1.165, 1.54) is 13.2 Å². The lowest BCUT2D eigenvalue weighted by molar-refractivity contribution is -0.230. The second-order valence-electron chi connectivity index (χ2n) is 11.4. The van der Waals surface area contributed by atoms with Crippen LogP contribution in [0.15, 0.2) is 23.3 Å². The fourth-order valence-corrected chi connectivity index (χ4v) is 7.43. The Morgan fingerprint density at radius 2 is 1.80 bits per heavy atom. The third kappa shape index (κ3) is 3.09. The van der Waals surface area contributed by atoms with Crippen molar-refractivity contribution in [2.75, 3.05) is 7.11 Å². The van der Waals surface area contributed by atoms with Gasteiger partial charge in [0.05, 0.1) is 12.5 Å². The smallest absolute Gasteiger partial charge is 0.452 e. The number of ether oxygens (including phenoxy) is 5. The minimum absolute atomic E-state index is 0.155. The zero-order valence-electron chi connectivity index (χ0n) is 21.1. The third-order valence-electron chi connectivity index (χ3n) is 9.24. The van der Waals surface area contributed by atoms with Gasteiger partial charge in [0.2, 0.25) is 6.29 Å². The molecule has 1 saturated carbocycles. The molecule has 0 radical (unpaired) electrons. The molecule has 9 nitrogen and oxygen atoms in total. The highest BCUT2D eigenvalue weighted by Gasteiger charge is 2.73. The van der Waals surface area contributed by atoms with Gasteiger partial charge < -0.3 is 23.7 Å². The fourth-order valence-electron chi connectivity index (χ4n) is 7.43. The van der Waals surface area contributed by atoms with Crippen LogP contribution in [0.3, 0.4) is 0 Å². The first-order valence-electron chi connectivity index (χ1n) is 12.1. The van der Waals surface area contributed by atoms with E-state index in [4.69, 9.17) is 23.7 Å². The van der Waals surface area contributed by atoms with Crippen molar-refractivity contribution in [1.29, 1.82) is 0 Å². The molecule has 3 heterocycles. The van der Waals surface area contributed by atoms with Gasteiger partial charge in [0, 0.05) is 23.3 Å². The van der Waals surface area contributed by atoms with E-state index in [0.717, 1.165) is 11.1 Å². The molecule has 9 atom stereocenters. The van der Waals surface area contributed by atoms with Crippen molar-refractivity contribution in [2.45, 2.75) is 72.1 Å². The Bertz CT molecular complexity index is 1090. The van der Waals surface area contributed by atoms with Crippen LogP contribution in [0.5, 0.6) is 0 Å². The van der Waals surface area contributed by atoms with Gasteiger partial charge in [-0.2, -0.15) is 0 Å². The predicted molar refractivity (Wildman–Crippen MR) is 120 cm³/mol. The van der Waals surface area contributed by atoms with E-state index in [1.54, 1.807) is 26.8 Å².